The highest BCUT2D eigenvalue weighted by molar-refractivity contribution is 5.77. The predicted molar refractivity (Wildman–Crippen MR) is 73.6 cm³/mol. The molecular formula is C14H28N2O2. The minimum absolute atomic E-state index is 0.121. The number of hydrogen-bond acceptors (Lipinski definition) is 3. The number of rotatable bonds is 7. The largest absolute Gasteiger partial charge is 0.372 e. The van der Waals surface area contributed by atoms with Gasteiger partial charge in [0, 0.05) is 25.7 Å². The molecule has 1 saturated carbocycles. The van der Waals surface area contributed by atoms with Gasteiger partial charge in [-0.15, -0.1) is 0 Å². The molecule has 0 heterocycles. The molecule has 1 aliphatic rings. The summed E-state index contributed by atoms with van der Waals surface area (Å²) in [5, 5.41) is 3.49. The normalized spacial score (nSPS) is 23.9. The Labute approximate surface area is 111 Å². The summed E-state index contributed by atoms with van der Waals surface area (Å²) in [7, 11) is 1.91. The highest BCUT2D eigenvalue weighted by Gasteiger charge is 2.25. The van der Waals surface area contributed by atoms with E-state index < -0.39 is 0 Å². The van der Waals surface area contributed by atoms with Crippen molar-refractivity contribution in [1.82, 2.24) is 10.2 Å². The van der Waals surface area contributed by atoms with E-state index in [1.165, 1.54) is 12.8 Å². The number of nitrogens with zero attached hydrogens (tertiary/aromatic N) is 1. The average Bonchev–Trinajstić information content (AvgIpc) is 2.39. The quantitative estimate of drug-likeness (QED) is 0.706. The van der Waals surface area contributed by atoms with E-state index in [2.05, 4.69) is 19.2 Å². The molecule has 1 rings (SSSR count). The third kappa shape index (κ3) is 4.94. The van der Waals surface area contributed by atoms with Gasteiger partial charge in [0.05, 0.1) is 0 Å². The van der Waals surface area contributed by atoms with Gasteiger partial charge in [-0.3, -0.25) is 4.79 Å². The molecule has 0 atom stereocenters. The molecule has 0 saturated heterocycles. The summed E-state index contributed by atoms with van der Waals surface area (Å²) in [4.78, 5) is 13.8. The number of ether oxygens (including phenoxy) is 1. The molecule has 0 unspecified atom stereocenters. The molecule has 106 valence electrons. The molecule has 4 heteroatoms. The molecule has 18 heavy (non-hydrogen) atoms. The Hall–Kier alpha value is -0.610. The number of nitrogens with one attached hydrogen (secondary N) is 1. The average molecular weight is 256 g/mol. The van der Waals surface area contributed by atoms with Crippen LogP contribution < -0.4 is 5.32 Å². The number of hydrogen-bond donors (Lipinski definition) is 1. The lowest BCUT2D eigenvalue weighted by Crippen LogP contribution is -2.44. The smallest absolute Gasteiger partial charge is 0.248 e. The van der Waals surface area contributed by atoms with Crippen molar-refractivity contribution >= 4 is 5.91 Å². The Balaban J connectivity index is 2.26. The van der Waals surface area contributed by atoms with Crippen LogP contribution in [0.4, 0.5) is 0 Å². The van der Waals surface area contributed by atoms with E-state index in [0.29, 0.717) is 18.7 Å². The van der Waals surface area contributed by atoms with Crippen LogP contribution in [0.5, 0.6) is 0 Å². The van der Waals surface area contributed by atoms with Crippen LogP contribution in [0.15, 0.2) is 0 Å². The van der Waals surface area contributed by atoms with Crippen molar-refractivity contribution in [1.29, 1.82) is 0 Å². The predicted octanol–water partition coefficient (Wildman–Crippen LogP) is 1.79. The van der Waals surface area contributed by atoms with Crippen LogP contribution in [0.1, 0.15) is 46.0 Å². The summed E-state index contributed by atoms with van der Waals surface area (Å²) in [5.74, 6) is 0.121. The van der Waals surface area contributed by atoms with E-state index in [9.17, 15) is 4.79 Å². The van der Waals surface area contributed by atoms with E-state index in [1.807, 2.05) is 11.9 Å². The van der Waals surface area contributed by atoms with E-state index in [1.54, 1.807) is 0 Å². The highest BCUT2D eigenvalue weighted by Crippen LogP contribution is 2.22. The molecule has 0 spiro atoms. The van der Waals surface area contributed by atoms with Crippen LogP contribution in [0, 0.1) is 0 Å². The van der Waals surface area contributed by atoms with Gasteiger partial charge in [-0.1, -0.05) is 13.8 Å². The molecule has 1 amide bonds. The van der Waals surface area contributed by atoms with Gasteiger partial charge >= 0.3 is 0 Å². The molecule has 0 aromatic rings. The maximum Gasteiger partial charge on any atom is 0.248 e. The second kappa shape index (κ2) is 8.48. The van der Waals surface area contributed by atoms with Crippen LogP contribution in [0.2, 0.25) is 0 Å². The lowest BCUT2D eigenvalue weighted by molar-refractivity contribution is -0.137. The van der Waals surface area contributed by atoms with Gasteiger partial charge in [-0.25, -0.2) is 0 Å². The molecule has 4 nitrogen and oxygen atoms in total. The zero-order valence-corrected chi connectivity index (χ0v) is 12.1. The number of amides is 1. The number of likely N-dealkylation sites (N-methyl/N-ethyl adjacent to an activating group) is 1. The topological polar surface area (TPSA) is 41.6 Å². The summed E-state index contributed by atoms with van der Waals surface area (Å²) in [6.07, 6.45) is 5.52. The minimum Gasteiger partial charge on any atom is -0.372 e. The number of carbonyl (C=O) groups excluding carboxylic acids is 1. The van der Waals surface area contributed by atoms with Crippen LogP contribution in [-0.4, -0.2) is 49.7 Å². The molecule has 0 aromatic heterocycles. The van der Waals surface area contributed by atoms with Gasteiger partial charge in [-0.2, -0.15) is 0 Å². The minimum atomic E-state index is 0.121. The fourth-order valence-electron chi connectivity index (χ4n) is 2.57. The van der Waals surface area contributed by atoms with Gasteiger partial charge in [-0.05, 0) is 38.6 Å². The Morgan fingerprint density at radius 1 is 1.28 bits per heavy atom. The molecule has 1 N–H and O–H groups in total. The lowest BCUT2D eigenvalue weighted by Gasteiger charge is -2.35. The second-order valence-electron chi connectivity index (χ2n) is 5.12. The first-order valence-corrected chi connectivity index (χ1v) is 7.25. The monoisotopic (exact) mass is 256 g/mol. The number of carbonyl (C=O) groups is 1. The lowest BCUT2D eigenvalue weighted by atomic mass is 9.90. The van der Waals surface area contributed by atoms with Gasteiger partial charge < -0.3 is 15.0 Å². The summed E-state index contributed by atoms with van der Waals surface area (Å²) in [6.45, 7) is 6.14. The van der Waals surface area contributed by atoms with Gasteiger partial charge in [0.25, 0.3) is 0 Å². The summed E-state index contributed by atoms with van der Waals surface area (Å²) in [5.41, 5.74) is 0. The fraction of sp³-hybridized carbons (Fsp3) is 0.929. The molecule has 0 radical (unpaired) electrons. The van der Waals surface area contributed by atoms with Crippen LogP contribution in [0.25, 0.3) is 0 Å². The molecule has 0 aromatic carbocycles. The van der Waals surface area contributed by atoms with E-state index in [0.717, 1.165) is 25.8 Å². The molecule has 0 aliphatic heterocycles. The van der Waals surface area contributed by atoms with E-state index in [4.69, 9.17) is 4.74 Å². The van der Waals surface area contributed by atoms with Crippen molar-refractivity contribution in [2.75, 3.05) is 26.8 Å². The SMILES string of the molecule is CCCOCC(=O)N(C)C1CCC(NCC)CC1. The highest BCUT2D eigenvalue weighted by atomic mass is 16.5. The zero-order chi connectivity index (χ0) is 13.4. The van der Waals surface area contributed by atoms with Crippen molar-refractivity contribution in [3.63, 3.8) is 0 Å². The van der Waals surface area contributed by atoms with Crippen molar-refractivity contribution in [2.24, 2.45) is 0 Å². The zero-order valence-electron chi connectivity index (χ0n) is 12.1. The van der Waals surface area contributed by atoms with Gasteiger partial charge in [0.2, 0.25) is 5.91 Å². The van der Waals surface area contributed by atoms with Crippen molar-refractivity contribution in [3.05, 3.63) is 0 Å². The molecular weight excluding hydrogens is 228 g/mol. The summed E-state index contributed by atoms with van der Waals surface area (Å²) >= 11 is 0. The standard InChI is InChI=1S/C14H28N2O2/c1-4-10-18-11-14(17)16(3)13-8-6-12(7-9-13)15-5-2/h12-13,15H,4-11H2,1-3H3. The van der Waals surface area contributed by atoms with Gasteiger partial charge in [0.1, 0.15) is 6.61 Å². The first-order valence-electron chi connectivity index (χ1n) is 7.25. The van der Waals surface area contributed by atoms with Gasteiger partial charge in [0.15, 0.2) is 0 Å². The Bertz CT molecular complexity index is 238. The first-order chi connectivity index (χ1) is 8.69. The Morgan fingerprint density at radius 2 is 1.94 bits per heavy atom. The Morgan fingerprint density at radius 3 is 2.50 bits per heavy atom. The van der Waals surface area contributed by atoms with Crippen LogP contribution in [-0.2, 0) is 9.53 Å². The van der Waals surface area contributed by atoms with Crippen molar-refractivity contribution in [3.8, 4) is 0 Å². The Kier molecular flexibility index (Phi) is 7.28. The molecule has 1 aliphatic carbocycles. The second-order valence-corrected chi connectivity index (χ2v) is 5.12. The summed E-state index contributed by atoms with van der Waals surface area (Å²) < 4.78 is 5.31. The third-order valence-corrected chi connectivity index (χ3v) is 3.70. The maximum absolute atomic E-state index is 11.9. The molecule has 1 fully saturated rings. The third-order valence-electron chi connectivity index (χ3n) is 3.70. The van der Waals surface area contributed by atoms with E-state index in [-0.39, 0.29) is 12.5 Å². The maximum atomic E-state index is 11.9. The molecule has 0 bridgehead atoms. The van der Waals surface area contributed by atoms with Crippen molar-refractivity contribution < 1.29 is 9.53 Å². The summed E-state index contributed by atoms with van der Waals surface area (Å²) in [6, 6.07) is 1.05. The van der Waals surface area contributed by atoms with E-state index >= 15 is 0 Å². The van der Waals surface area contributed by atoms with Crippen LogP contribution in [0.3, 0.4) is 0 Å². The van der Waals surface area contributed by atoms with Crippen molar-refractivity contribution in [2.45, 2.75) is 58.0 Å². The fourth-order valence-corrected chi connectivity index (χ4v) is 2.57. The van der Waals surface area contributed by atoms with Crippen LogP contribution >= 0.6 is 0 Å². The first kappa shape index (κ1) is 15.4.